The number of benzene rings is 1. The van der Waals surface area contributed by atoms with E-state index < -0.39 is 35.9 Å². The lowest BCUT2D eigenvalue weighted by molar-refractivity contribution is -0.266. The lowest BCUT2D eigenvalue weighted by Crippen LogP contribution is -2.50. The Morgan fingerprint density at radius 1 is 1.18 bits per heavy atom. The molecule has 0 aliphatic rings. The topological polar surface area (TPSA) is 66.1 Å². The number of alkyl halides is 3. The Morgan fingerprint density at radius 3 is 2.43 bits per heavy atom. The van der Waals surface area contributed by atoms with Gasteiger partial charge < -0.3 is 9.84 Å². The molecule has 4 nitrogen and oxygen atoms in total. The van der Waals surface area contributed by atoms with Gasteiger partial charge in [-0.2, -0.15) is 18.4 Å². The number of halogens is 4. The summed E-state index contributed by atoms with van der Waals surface area (Å²) in [4.78, 5) is 3.72. The molecule has 0 spiro atoms. The van der Waals surface area contributed by atoms with E-state index in [1.54, 1.807) is 6.07 Å². The van der Waals surface area contributed by atoms with Gasteiger partial charge in [0.25, 0.3) is 0 Å². The highest BCUT2D eigenvalue weighted by molar-refractivity contribution is 5.40. The van der Waals surface area contributed by atoms with Crippen LogP contribution in [0, 0.1) is 17.1 Å². The van der Waals surface area contributed by atoms with Gasteiger partial charge in [0, 0.05) is 18.2 Å². The Hall–Kier alpha value is -2.66. The molecule has 0 amide bonds. The van der Waals surface area contributed by atoms with Crippen molar-refractivity contribution in [3.8, 4) is 11.8 Å². The van der Waals surface area contributed by atoms with Gasteiger partial charge in [0.1, 0.15) is 23.3 Å². The first-order chi connectivity index (χ1) is 12.9. The molecule has 28 heavy (non-hydrogen) atoms. The Labute approximate surface area is 160 Å². The van der Waals surface area contributed by atoms with E-state index >= 15 is 0 Å². The molecule has 1 unspecified atom stereocenters. The lowest BCUT2D eigenvalue weighted by Gasteiger charge is -2.38. The van der Waals surface area contributed by atoms with E-state index in [0.29, 0.717) is 0 Å². The quantitative estimate of drug-likeness (QED) is 0.739. The predicted octanol–water partition coefficient (Wildman–Crippen LogP) is 4.30. The third-order valence-corrected chi connectivity index (χ3v) is 4.59. The average Bonchev–Trinajstić information content (AvgIpc) is 2.60. The smallest absolute Gasteiger partial charge is 0.417 e. The first kappa shape index (κ1) is 21.6. The maximum Gasteiger partial charge on any atom is 0.417 e. The van der Waals surface area contributed by atoms with E-state index in [1.807, 2.05) is 0 Å². The summed E-state index contributed by atoms with van der Waals surface area (Å²) in [6.07, 6.45) is -5.26. The van der Waals surface area contributed by atoms with Gasteiger partial charge in [-0.25, -0.2) is 9.37 Å². The number of nitriles is 1. The molecule has 0 aliphatic carbocycles. The second-order valence-corrected chi connectivity index (χ2v) is 7.27. The predicted molar refractivity (Wildman–Crippen MR) is 94.3 cm³/mol. The summed E-state index contributed by atoms with van der Waals surface area (Å²) in [5.74, 6) is -0.390. The average molecular weight is 396 g/mol. The van der Waals surface area contributed by atoms with Crippen molar-refractivity contribution in [2.24, 2.45) is 0 Å². The van der Waals surface area contributed by atoms with Gasteiger partial charge in [-0.1, -0.05) is 13.8 Å². The van der Waals surface area contributed by atoms with Gasteiger partial charge in [0.15, 0.2) is 5.60 Å². The maximum absolute atomic E-state index is 13.8. The van der Waals surface area contributed by atoms with Crippen LogP contribution in [-0.4, -0.2) is 29.0 Å². The number of hydrogen-bond acceptors (Lipinski definition) is 4. The highest BCUT2D eigenvalue weighted by Gasteiger charge is 2.56. The minimum Gasteiger partial charge on any atom is -0.496 e. The van der Waals surface area contributed by atoms with Crippen LogP contribution in [0.2, 0.25) is 0 Å². The molecular weight excluding hydrogens is 376 g/mol. The highest BCUT2D eigenvalue weighted by atomic mass is 19.4. The zero-order valence-corrected chi connectivity index (χ0v) is 15.6. The standard InChI is InChI=1S/C20H20F4N2O2/c1-18(2,16-9-14(21)4-5-17(16)28-3)12-19(27,20(22,23)24)10-13-6-7-26-15(8-13)11-25/h4-9,27H,10,12H2,1-3H3. The fourth-order valence-electron chi connectivity index (χ4n) is 3.28. The van der Waals surface area contributed by atoms with E-state index in [4.69, 9.17) is 10.00 Å². The van der Waals surface area contributed by atoms with Crippen LogP contribution in [0.3, 0.4) is 0 Å². The summed E-state index contributed by atoms with van der Waals surface area (Å²) in [5.41, 5.74) is -4.10. The van der Waals surface area contributed by atoms with E-state index in [2.05, 4.69) is 4.98 Å². The SMILES string of the molecule is COc1ccc(F)cc1C(C)(C)CC(O)(Cc1ccnc(C#N)c1)C(F)(F)F. The Morgan fingerprint density at radius 2 is 1.86 bits per heavy atom. The van der Waals surface area contributed by atoms with Crippen molar-refractivity contribution in [1.29, 1.82) is 5.26 Å². The van der Waals surface area contributed by atoms with Crippen molar-refractivity contribution >= 4 is 0 Å². The van der Waals surface area contributed by atoms with Crippen LogP contribution in [0.1, 0.15) is 37.1 Å². The van der Waals surface area contributed by atoms with Crippen molar-refractivity contribution in [1.82, 2.24) is 4.98 Å². The summed E-state index contributed by atoms with van der Waals surface area (Å²) in [6, 6.07) is 7.86. The second-order valence-electron chi connectivity index (χ2n) is 7.27. The number of aromatic nitrogens is 1. The molecule has 2 aromatic rings. The van der Waals surface area contributed by atoms with Crippen molar-refractivity contribution in [3.05, 3.63) is 59.2 Å². The molecule has 2 rings (SSSR count). The van der Waals surface area contributed by atoms with Crippen molar-refractivity contribution in [2.75, 3.05) is 7.11 Å². The van der Waals surface area contributed by atoms with E-state index in [-0.39, 0.29) is 22.6 Å². The fraction of sp³-hybridized carbons (Fsp3) is 0.400. The third kappa shape index (κ3) is 4.60. The number of ether oxygens (including phenoxy) is 1. The summed E-state index contributed by atoms with van der Waals surface area (Å²) in [6.45, 7) is 2.96. The van der Waals surface area contributed by atoms with Crippen LogP contribution in [-0.2, 0) is 11.8 Å². The van der Waals surface area contributed by atoms with Crippen LogP contribution in [0.4, 0.5) is 17.6 Å². The first-order valence-corrected chi connectivity index (χ1v) is 8.40. The van der Waals surface area contributed by atoms with Gasteiger partial charge in [-0.3, -0.25) is 0 Å². The van der Waals surface area contributed by atoms with E-state index in [1.165, 1.54) is 45.4 Å². The van der Waals surface area contributed by atoms with Crippen LogP contribution in [0.15, 0.2) is 36.5 Å². The van der Waals surface area contributed by atoms with Crippen LogP contribution >= 0.6 is 0 Å². The molecule has 1 heterocycles. The van der Waals surface area contributed by atoms with Crippen molar-refractivity contribution in [2.45, 2.75) is 43.9 Å². The molecule has 0 saturated carbocycles. The molecule has 1 N–H and O–H groups in total. The molecule has 1 atom stereocenters. The molecule has 8 heteroatoms. The summed E-state index contributed by atoms with van der Waals surface area (Å²) < 4.78 is 60.4. The molecule has 0 bridgehead atoms. The number of aliphatic hydroxyl groups is 1. The number of rotatable bonds is 6. The maximum atomic E-state index is 13.8. The van der Waals surface area contributed by atoms with E-state index in [9.17, 15) is 22.7 Å². The zero-order valence-electron chi connectivity index (χ0n) is 15.6. The number of hydrogen-bond donors (Lipinski definition) is 1. The zero-order chi connectivity index (χ0) is 21.2. The largest absolute Gasteiger partial charge is 0.496 e. The molecular formula is C20H20F4N2O2. The Bertz CT molecular complexity index is 891. The van der Waals surface area contributed by atoms with Gasteiger partial charge in [-0.05, 0) is 47.7 Å². The van der Waals surface area contributed by atoms with Crippen LogP contribution < -0.4 is 4.74 Å². The van der Waals surface area contributed by atoms with Crippen molar-refractivity contribution in [3.63, 3.8) is 0 Å². The monoisotopic (exact) mass is 396 g/mol. The van der Waals surface area contributed by atoms with Crippen molar-refractivity contribution < 1.29 is 27.4 Å². The lowest BCUT2D eigenvalue weighted by atomic mass is 9.72. The highest BCUT2D eigenvalue weighted by Crippen LogP contribution is 2.45. The summed E-state index contributed by atoms with van der Waals surface area (Å²) in [7, 11) is 1.34. The van der Waals surface area contributed by atoms with Gasteiger partial charge in [0.2, 0.25) is 0 Å². The second kappa shape index (κ2) is 7.76. The fourth-order valence-corrected chi connectivity index (χ4v) is 3.28. The first-order valence-electron chi connectivity index (χ1n) is 8.40. The Balaban J connectivity index is 2.46. The normalized spacial score (nSPS) is 14.2. The minimum absolute atomic E-state index is 0.0481. The Kier molecular flexibility index (Phi) is 6.00. The number of methoxy groups -OCH3 is 1. The minimum atomic E-state index is -4.96. The summed E-state index contributed by atoms with van der Waals surface area (Å²) in [5, 5.41) is 19.5. The number of nitrogens with zero attached hydrogens (tertiary/aromatic N) is 2. The third-order valence-electron chi connectivity index (χ3n) is 4.59. The van der Waals surface area contributed by atoms with Crippen LogP contribution in [0.25, 0.3) is 0 Å². The van der Waals surface area contributed by atoms with Gasteiger partial charge in [0.05, 0.1) is 7.11 Å². The van der Waals surface area contributed by atoms with Gasteiger partial charge in [-0.15, -0.1) is 0 Å². The molecule has 0 saturated heterocycles. The van der Waals surface area contributed by atoms with Gasteiger partial charge >= 0.3 is 6.18 Å². The molecule has 1 aromatic carbocycles. The number of pyridine rings is 1. The molecule has 1 aromatic heterocycles. The molecule has 150 valence electrons. The molecule has 0 fully saturated rings. The van der Waals surface area contributed by atoms with Crippen LogP contribution in [0.5, 0.6) is 5.75 Å². The summed E-state index contributed by atoms with van der Waals surface area (Å²) >= 11 is 0. The molecule has 0 radical (unpaired) electrons. The molecule has 0 aliphatic heterocycles. The van der Waals surface area contributed by atoms with E-state index in [0.717, 1.165) is 12.1 Å².